The molecule has 110 valence electrons. The van der Waals surface area contributed by atoms with Crippen molar-refractivity contribution in [1.82, 2.24) is 23.5 Å². The summed E-state index contributed by atoms with van der Waals surface area (Å²) in [6.45, 7) is 0. The summed E-state index contributed by atoms with van der Waals surface area (Å²) in [5.74, 6) is 0.173. The van der Waals surface area contributed by atoms with Crippen LogP contribution in [0, 0.1) is 0 Å². The molecule has 1 aromatic carbocycles. The third-order valence-electron chi connectivity index (χ3n) is 2.94. The van der Waals surface area contributed by atoms with Crippen LogP contribution in [-0.2, 0) is 10.2 Å². The zero-order valence-electron chi connectivity index (χ0n) is 11.3. The smallest absolute Gasteiger partial charge is 0.310 e. The molecule has 2 heterocycles. The van der Waals surface area contributed by atoms with Crippen molar-refractivity contribution in [2.45, 2.75) is 0 Å². The average molecular weight is 308 g/mol. The van der Waals surface area contributed by atoms with Crippen LogP contribution in [0.15, 0.2) is 29.0 Å². The molecular weight excluding hydrogens is 296 g/mol. The van der Waals surface area contributed by atoms with Gasteiger partial charge in [0.05, 0.1) is 11.0 Å². The van der Waals surface area contributed by atoms with Crippen molar-refractivity contribution in [2.75, 3.05) is 19.8 Å². The lowest BCUT2D eigenvalue weighted by Crippen LogP contribution is -2.29. The Morgan fingerprint density at radius 3 is 2.71 bits per heavy atom. The lowest BCUT2D eigenvalue weighted by Gasteiger charge is -2.13. The molecule has 0 aliphatic carbocycles. The van der Waals surface area contributed by atoms with Crippen LogP contribution in [0.5, 0.6) is 0 Å². The second-order valence-corrected chi connectivity index (χ2v) is 6.46. The first-order valence-electron chi connectivity index (χ1n) is 5.89. The summed E-state index contributed by atoms with van der Waals surface area (Å²) in [5.41, 5.74) is 7.12. The number of anilines is 1. The van der Waals surface area contributed by atoms with Gasteiger partial charge >= 0.3 is 10.2 Å². The first-order chi connectivity index (χ1) is 9.91. The number of hydrogen-bond donors (Lipinski definition) is 1. The largest absolute Gasteiger partial charge is 0.423 e. The highest BCUT2D eigenvalue weighted by molar-refractivity contribution is 7.87. The van der Waals surface area contributed by atoms with Crippen LogP contribution in [0.1, 0.15) is 0 Å². The zero-order valence-corrected chi connectivity index (χ0v) is 12.1. The fourth-order valence-corrected chi connectivity index (χ4v) is 2.91. The van der Waals surface area contributed by atoms with E-state index in [0.717, 1.165) is 8.28 Å². The molecule has 2 aromatic heterocycles. The van der Waals surface area contributed by atoms with Gasteiger partial charge in [0.1, 0.15) is 0 Å². The Morgan fingerprint density at radius 2 is 2.10 bits per heavy atom. The average Bonchev–Trinajstić information content (AvgIpc) is 3.03. The summed E-state index contributed by atoms with van der Waals surface area (Å²) in [5, 5.41) is 7.38. The van der Waals surface area contributed by atoms with Gasteiger partial charge in [0.2, 0.25) is 18.2 Å². The number of nitrogen functional groups attached to an aromatic ring is 1. The van der Waals surface area contributed by atoms with Crippen LogP contribution in [0.2, 0.25) is 0 Å². The molecule has 0 aliphatic rings. The normalized spacial score (nSPS) is 12.3. The highest BCUT2D eigenvalue weighted by Gasteiger charge is 2.23. The number of benzene rings is 1. The van der Waals surface area contributed by atoms with Gasteiger partial charge < -0.3 is 10.2 Å². The maximum atomic E-state index is 12.3. The number of rotatable bonds is 3. The number of hydrogen-bond acceptors (Lipinski definition) is 7. The Bertz CT molecular complexity index is 898. The molecule has 2 N–H and O–H groups in total. The summed E-state index contributed by atoms with van der Waals surface area (Å²) < 4.78 is 31.8. The number of fused-ring (bicyclic) bond motifs is 1. The lowest BCUT2D eigenvalue weighted by atomic mass is 10.2. The van der Waals surface area contributed by atoms with Crippen molar-refractivity contribution >= 4 is 27.2 Å². The maximum absolute atomic E-state index is 12.3. The zero-order chi connectivity index (χ0) is 15.2. The molecule has 0 radical (unpaired) electrons. The van der Waals surface area contributed by atoms with E-state index in [-0.39, 0.29) is 11.8 Å². The van der Waals surface area contributed by atoms with Crippen molar-refractivity contribution < 1.29 is 12.8 Å². The molecule has 0 bridgehead atoms. The Kier molecular flexibility index (Phi) is 2.92. The summed E-state index contributed by atoms with van der Waals surface area (Å²) >= 11 is 0. The summed E-state index contributed by atoms with van der Waals surface area (Å²) in [6.07, 6.45) is 1.20. The van der Waals surface area contributed by atoms with Gasteiger partial charge in [0.25, 0.3) is 0 Å². The van der Waals surface area contributed by atoms with Crippen molar-refractivity contribution in [2.24, 2.45) is 0 Å². The van der Waals surface area contributed by atoms with Gasteiger partial charge in [-0.2, -0.15) is 16.7 Å². The Labute approximate surface area is 120 Å². The van der Waals surface area contributed by atoms with Crippen molar-refractivity contribution in [1.29, 1.82) is 0 Å². The summed E-state index contributed by atoms with van der Waals surface area (Å²) in [7, 11) is -0.942. The lowest BCUT2D eigenvalue weighted by molar-refractivity contribution is 0.513. The van der Waals surface area contributed by atoms with E-state index in [2.05, 4.69) is 15.2 Å². The fourth-order valence-electron chi connectivity index (χ4n) is 1.91. The van der Waals surface area contributed by atoms with Gasteiger partial charge in [-0.1, -0.05) is 0 Å². The van der Waals surface area contributed by atoms with Gasteiger partial charge in [0, 0.05) is 19.7 Å². The molecule has 10 heteroatoms. The molecule has 21 heavy (non-hydrogen) atoms. The SMILES string of the molecule is CN(C)S(=O)(=O)n1c(N)nc2ccc(-c3nnco3)cc21. The number of imidazole rings is 1. The predicted octanol–water partition coefficient (Wildman–Crippen LogP) is 0.323. The van der Waals surface area contributed by atoms with Crippen molar-refractivity contribution in [3.63, 3.8) is 0 Å². The van der Waals surface area contributed by atoms with Gasteiger partial charge in [-0.15, -0.1) is 10.2 Å². The van der Waals surface area contributed by atoms with Gasteiger partial charge in [-0.25, -0.2) is 4.98 Å². The number of nitrogens with two attached hydrogens (primary N) is 1. The molecular formula is C11H12N6O3S. The molecule has 0 atom stereocenters. The highest BCUT2D eigenvalue weighted by Crippen LogP contribution is 2.26. The molecule has 9 nitrogen and oxygen atoms in total. The van der Waals surface area contributed by atoms with Crippen LogP contribution in [-0.4, -0.2) is 46.0 Å². The minimum Gasteiger partial charge on any atom is -0.423 e. The van der Waals surface area contributed by atoms with E-state index in [9.17, 15) is 8.42 Å². The molecule has 0 saturated heterocycles. The molecule has 0 unspecified atom stereocenters. The minimum absolute atomic E-state index is 0.110. The standard InChI is InChI=1S/C11H12N6O3S/c1-16(2)21(18,19)17-9-5-7(10-15-13-6-20-10)3-4-8(9)14-11(17)12/h3-6H,1-2H3,(H2,12,14). The van der Waals surface area contributed by atoms with Gasteiger partial charge in [-0.05, 0) is 18.2 Å². The molecule has 3 aromatic rings. The van der Waals surface area contributed by atoms with E-state index in [1.54, 1.807) is 18.2 Å². The number of nitrogens with zero attached hydrogens (tertiary/aromatic N) is 5. The summed E-state index contributed by atoms with van der Waals surface area (Å²) in [6, 6.07) is 4.94. The Morgan fingerprint density at radius 1 is 1.33 bits per heavy atom. The van der Waals surface area contributed by atoms with E-state index in [0.29, 0.717) is 16.6 Å². The predicted molar refractivity (Wildman–Crippen MR) is 75.4 cm³/mol. The van der Waals surface area contributed by atoms with Crippen LogP contribution >= 0.6 is 0 Å². The third kappa shape index (κ3) is 2.04. The van der Waals surface area contributed by atoms with E-state index in [1.165, 1.54) is 20.5 Å². The van der Waals surface area contributed by atoms with E-state index in [4.69, 9.17) is 10.2 Å². The van der Waals surface area contributed by atoms with Gasteiger partial charge in [0.15, 0.2) is 0 Å². The third-order valence-corrected chi connectivity index (χ3v) is 4.70. The van der Waals surface area contributed by atoms with Gasteiger partial charge in [-0.3, -0.25) is 0 Å². The Balaban J connectivity index is 2.30. The Hall–Kier alpha value is -2.46. The molecule has 0 saturated carbocycles. The molecule has 0 fully saturated rings. The second-order valence-electron chi connectivity index (χ2n) is 4.47. The first kappa shape index (κ1) is 13.5. The molecule has 0 amide bonds. The highest BCUT2D eigenvalue weighted by atomic mass is 32.2. The topological polar surface area (TPSA) is 120 Å². The fraction of sp³-hybridized carbons (Fsp3) is 0.182. The molecule has 0 spiro atoms. The quantitative estimate of drug-likeness (QED) is 0.739. The van der Waals surface area contributed by atoms with Crippen LogP contribution in [0.3, 0.4) is 0 Å². The van der Waals surface area contributed by atoms with Crippen molar-refractivity contribution in [3.05, 3.63) is 24.6 Å². The summed E-state index contributed by atoms with van der Waals surface area (Å²) in [4.78, 5) is 4.05. The van der Waals surface area contributed by atoms with E-state index in [1.807, 2.05) is 0 Å². The molecule has 0 aliphatic heterocycles. The van der Waals surface area contributed by atoms with Crippen LogP contribution in [0.25, 0.3) is 22.5 Å². The minimum atomic E-state index is -3.78. The second kappa shape index (κ2) is 4.53. The first-order valence-corrected chi connectivity index (χ1v) is 7.28. The van der Waals surface area contributed by atoms with E-state index >= 15 is 0 Å². The van der Waals surface area contributed by atoms with Crippen LogP contribution < -0.4 is 5.73 Å². The van der Waals surface area contributed by atoms with E-state index < -0.39 is 10.2 Å². The number of aromatic nitrogens is 4. The van der Waals surface area contributed by atoms with Crippen LogP contribution in [0.4, 0.5) is 5.95 Å². The maximum Gasteiger partial charge on any atom is 0.310 e. The monoisotopic (exact) mass is 308 g/mol. The van der Waals surface area contributed by atoms with Crippen molar-refractivity contribution in [3.8, 4) is 11.5 Å². The molecule has 3 rings (SSSR count).